The van der Waals surface area contributed by atoms with Gasteiger partial charge in [-0.05, 0) is 19.8 Å². The van der Waals surface area contributed by atoms with Gasteiger partial charge in [0, 0.05) is 25.7 Å². The summed E-state index contributed by atoms with van der Waals surface area (Å²) in [6.45, 7) is 4.28. The van der Waals surface area contributed by atoms with Crippen LogP contribution < -0.4 is 16.0 Å². The topological polar surface area (TPSA) is 89.1 Å². The minimum Gasteiger partial charge on any atom is -0.357 e. The molecule has 2 aliphatic rings. The number of likely N-dealkylation sites (tertiary alicyclic amines) is 1. The molecule has 2 aliphatic heterocycles. The lowest BCUT2D eigenvalue weighted by molar-refractivity contribution is -0.124. The van der Waals surface area contributed by atoms with Crippen LogP contribution in [0.5, 0.6) is 0 Å². The van der Waals surface area contributed by atoms with Gasteiger partial charge in [-0.2, -0.15) is 0 Å². The second-order valence-electron chi connectivity index (χ2n) is 6.08. The van der Waals surface area contributed by atoms with E-state index in [4.69, 9.17) is 0 Å². The monoisotopic (exact) mass is 360 g/mol. The first-order valence-corrected chi connectivity index (χ1v) is 8.63. The average molecular weight is 360 g/mol. The Morgan fingerprint density at radius 1 is 1.36 bits per heavy atom. The van der Waals surface area contributed by atoms with E-state index in [0.29, 0.717) is 32.1 Å². The maximum Gasteiger partial charge on any atom is 0.324 e. The molecule has 3 amide bonds. The van der Waals surface area contributed by atoms with Crippen LogP contribution in [0.4, 0.5) is 13.6 Å². The first-order chi connectivity index (χ1) is 12.0. The van der Waals surface area contributed by atoms with Crippen molar-refractivity contribution in [2.45, 2.75) is 32.2 Å². The summed E-state index contributed by atoms with van der Waals surface area (Å²) in [7, 11) is 0. The van der Waals surface area contributed by atoms with E-state index in [1.165, 1.54) is 0 Å². The zero-order chi connectivity index (χ0) is 18.2. The molecule has 2 heterocycles. The molecule has 0 atom stereocenters. The number of alkyl halides is 2. The van der Waals surface area contributed by atoms with E-state index in [9.17, 15) is 18.4 Å². The molecule has 0 saturated carbocycles. The molecule has 2 saturated heterocycles. The summed E-state index contributed by atoms with van der Waals surface area (Å²) < 4.78 is 24.8. The highest BCUT2D eigenvalue weighted by atomic mass is 19.3. The molecule has 25 heavy (non-hydrogen) atoms. The fraction of sp³-hybridized carbons (Fsp3) is 0.800. The number of halogens is 2. The second-order valence-corrected chi connectivity index (χ2v) is 6.08. The predicted octanol–water partition coefficient (Wildman–Crippen LogP) is -0.177. The summed E-state index contributed by atoms with van der Waals surface area (Å²) in [6, 6.07) is -0.215. The highest BCUT2D eigenvalue weighted by Crippen LogP contribution is 2.11. The van der Waals surface area contributed by atoms with Crippen LogP contribution in [-0.4, -0.2) is 86.0 Å². The molecule has 0 bridgehead atoms. The van der Waals surface area contributed by atoms with Gasteiger partial charge in [0.15, 0.2) is 5.96 Å². The van der Waals surface area contributed by atoms with E-state index < -0.39 is 6.43 Å². The van der Waals surface area contributed by atoms with Crippen LogP contribution in [0.25, 0.3) is 0 Å². The maximum absolute atomic E-state index is 12.4. The lowest BCUT2D eigenvalue weighted by Crippen LogP contribution is -2.49. The minimum atomic E-state index is -2.30. The minimum absolute atomic E-state index is 0.0397. The number of piperidine rings is 1. The van der Waals surface area contributed by atoms with Gasteiger partial charge in [-0.25, -0.2) is 13.6 Å². The molecule has 3 N–H and O–H groups in total. The van der Waals surface area contributed by atoms with Crippen molar-refractivity contribution in [3.05, 3.63) is 0 Å². The molecule has 10 heteroatoms. The average Bonchev–Trinajstić information content (AvgIpc) is 2.88. The van der Waals surface area contributed by atoms with Gasteiger partial charge in [-0.15, -0.1) is 0 Å². The van der Waals surface area contributed by atoms with E-state index in [-0.39, 0.29) is 37.6 Å². The van der Waals surface area contributed by atoms with E-state index in [1.807, 2.05) is 6.92 Å². The molecule has 0 aliphatic carbocycles. The largest absolute Gasteiger partial charge is 0.357 e. The number of aliphatic imine (C=N–C) groups is 1. The summed E-state index contributed by atoms with van der Waals surface area (Å²) in [4.78, 5) is 30.3. The lowest BCUT2D eigenvalue weighted by atomic mass is 10.1. The summed E-state index contributed by atoms with van der Waals surface area (Å²) in [5, 5.41) is 8.89. The van der Waals surface area contributed by atoms with E-state index in [0.717, 1.165) is 17.7 Å². The van der Waals surface area contributed by atoms with Crippen molar-refractivity contribution in [2.24, 2.45) is 4.99 Å². The molecule has 0 unspecified atom stereocenters. The van der Waals surface area contributed by atoms with Gasteiger partial charge in [0.25, 0.3) is 6.43 Å². The van der Waals surface area contributed by atoms with Crippen LogP contribution in [0.1, 0.15) is 19.8 Å². The Morgan fingerprint density at radius 2 is 2.08 bits per heavy atom. The first kappa shape index (κ1) is 19.4. The molecule has 0 aromatic carbocycles. The SMILES string of the molecule is CCNC(=NCCN1C(=O)CNC1=O)NC1CCN(CC(F)F)CC1. The number of hydrogen-bond donors (Lipinski definition) is 3. The zero-order valence-electron chi connectivity index (χ0n) is 14.4. The van der Waals surface area contributed by atoms with Crippen LogP contribution in [0, 0.1) is 0 Å². The summed E-state index contributed by atoms with van der Waals surface area (Å²) in [5.41, 5.74) is 0. The van der Waals surface area contributed by atoms with Gasteiger partial charge in [0.2, 0.25) is 5.91 Å². The smallest absolute Gasteiger partial charge is 0.324 e. The fourth-order valence-electron chi connectivity index (χ4n) is 2.91. The van der Waals surface area contributed by atoms with Gasteiger partial charge in [0.1, 0.15) is 0 Å². The molecule has 0 aromatic rings. The van der Waals surface area contributed by atoms with Crippen LogP contribution in [0.3, 0.4) is 0 Å². The summed E-state index contributed by atoms with van der Waals surface area (Å²) in [5.74, 6) is 0.367. The van der Waals surface area contributed by atoms with E-state index >= 15 is 0 Å². The number of imide groups is 1. The van der Waals surface area contributed by atoms with Crippen molar-refractivity contribution < 1.29 is 18.4 Å². The maximum atomic E-state index is 12.4. The third kappa shape index (κ3) is 6.11. The van der Waals surface area contributed by atoms with Gasteiger partial charge in [-0.1, -0.05) is 0 Å². The molecule has 0 aromatic heterocycles. The van der Waals surface area contributed by atoms with E-state index in [2.05, 4.69) is 20.9 Å². The van der Waals surface area contributed by atoms with Gasteiger partial charge < -0.3 is 16.0 Å². The number of carbonyl (C=O) groups excluding carboxylic acids is 2. The number of guanidine groups is 1. The van der Waals surface area contributed by atoms with Crippen molar-refractivity contribution >= 4 is 17.9 Å². The Hall–Kier alpha value is -1.97. The van der Waals surface area contributed by atoms with Crippen molar-refractivity contribution in [3.8, 4) is 0 Å². The molecular formula is C15H26F2N6O2. The molecule has 142 valence electrons. The number of hydrogen-bond acceptors (Lipinski definition) is 4. The third-order valence-electron chi connectivity index (χ3n) is 4.20. The number of nitrogens with one attached hydrogen (secondary N) is 3. The van der Waals surface area contributed by atoms with Gasteiger partial charge >= 0.3 is 6.03 Å². The molecule has 0 radical (unpaired) electrons. The molecule has 0 spiro atoms. The number of amides is 3. The highest BCUT2D eigenvalue weighted by molar-refractivity contribution is 6.01. The highest BCUT2D eigenvalue weighted by Gasteiger charge is 2.27. The Kier molecular flexibility index (Phi) is 7.35. The van der Waals surface area contributed by atoms with Crippen molar-refractivity contribution in [2.75, 3.05) is 45.8 Å². The normalized spacial score (nSPS) is 20.3. The van der Waals surface area contributed by atoms with Gasteiger partial charge in [0.05, 0.1) is 26.2 Å². The number of carbonyl (C=O) groups is 2. The van der Waals surface area contributed by atoms with E-state index in [1.54, 1.807) is 4.90 Å². The van der Waals surface area contributed by atoms with Crippen LogP contribution in [0.15, 0.2) is 4.99 Å². The summed E-state index contributed by atoms with van der Waals surface area (Å²) in [6.07, 6.45) is -0.761. The quantitative estimate of drug-likeness (QED) is 0.333. The second kappa shape index (κ2) is 9.50. The molecule has 2 fully saturated rings. The van der Waals surface area contributed by atoms with Crippen LogP contribution >= 0.6 is 0 Å². The Bertz CT molecular complexity index is 478. The first-order valence-electron chi connectivity index (χ1n) is 8.63. The van der Waals surface area contributed by atoms with Crippen LogP contribution in [-0.2, 0) is 4.79 Å². The van der Waals surface area contributed by atoms with Crippen molar-refractivity contribution in [1.29, 1.82) is 0 Å². The van der Waals surface area contributed by atoms with Crippen LogP contribution in [0.2, 0.25) is 0 Å². The van der Waals surface area contributed by atoms with Gasteiger partial charge in [-0.3, -0.25) is 19.6 Å². The van der Waals surface area contributed by atoms with Crippen molar-refractivity contribution in [3.63, 3.8) is 0 Å². The molecule has 2 rings (SSSR count). The summed E-state index contributed by atoms with van der Waals surface area (Å²) >= 11 is 0. The molecule has 8 nitrogen and oxygen atoms in total. The number of nitrogens with zero attached hydrogens (tertiary/aromatic N) is 3. The lowest BCUT2D eigenvalue weighted by Gasteiger charge is -2.32. The molecular weight excluding hydrogens is 334 g/mol. The number of urea groups is 1. The Balaban J connectivity index is 1.78. The van der Waals surface area contributed by atoms with Crippen molar-refractivity contribution in [1.82, 2.24) is 25.8 Å². The zero-order valence-corrected chi connectivity index (χ0v) is 14.4. The standard InChI is InChI=1S/C15H26F2N6O2/c1-2-18-14(19-5-8-23-13(24)9-20-15(23)25)21-11-3-6-22(7-4-11)10-12(16)17/h11-12H,2-10H2,1H3,(H,20,25)(H2,18,19,21). The number of rotatable bonds is 7. The third-order valence-corrected chi connectivity index (χ3v) is 4.20. The predicted molar refractivity (Wildman–Crippen MR) is 89.7 cm³/mol. The Morgan fingerprint density at radius 3 is 2.64 bits per heavy atom. The Labute approximate surface area is 146 Å². The fourth-order valence-corrected chi connectivity index (χ4v) is 2.91.